The first kappa shape index (κ1) is 18.1. The smallest absolute Gasteiger partial charge is 0.243 e. The SMILES string of the molecule is Cc1cccc(NC(=O)C2CCCN2S(=O)(=O)c2ccc(Br)cc2)c1. The monoisotopic (exact) mass is 422 g/mol. The molecule has 1 aliphatic heterocycles. The molecule has 7 heteroatoms. The van der Waals surface area contributed by atoms with Crippen molar-refractivity contribution in [3.8, 4) is 0 Å². The lowest BCUT2D eigenvalue weighted by molar-refractivity contribution is -0.119. The lowest BCUT2D eigenvalue weighted by Gasteiger charge is -2.23. The highest BCUT2D eigenvalue weighted by atomic mass is 79.9. The second-order valence-corrected chi connectivity index (χ2v) is 8.89. The first-order chi connectivity index (χ1) is 11.9. The van der Waals surface area contributed by atoms with Gasteiger partial charge in [0.2, 0.25) is 15.9 Å². The van der Waals surface area contributed by atoms with Gasteiger partial charge in [0.05, 0.1) is 4.90 Å². The predicted octanol–water partition coefficient (Wildman–Crippen LogP) is 3.55. The summed E-state index contributed by atoms with van der Waals surface area (Å²) in [6.07, 6.45) is 1.19. The van der Waals surface area contributed by atoms with Crippen LogP contribution >= 0.6 is 15.9 Å². The maximum Gasteiger partial charge on any atom is 0.243 e. The van der Waals surface area contributed by atoms with Crippen LogP contribution in [0.1, 0.15) is 18.4 Å². The molecule has 0 radical (unpaired) electrons. The summed E-state index contributed by atoms with van der Waals surface area (Å²) in [7, 11) is -3.70. The van der Waals surface area contributed by atoms with Crippen LogP contribution in [0.25, 0.3) is 0 Å². The number of nitrogens with one attached hydrogen (secondary N) is 1. The molecule has 1 saturated heterocycles. The van der Waals surface area contributed by atoms with Gasteiger partial charge in [-0.15, -0.1) is 0 Å². The normalized spacial score (nSPS) is 18.2. The van der Waals surface area contributed by atoms with Gasteiger partial charge in [-0.25, -0.2) is 8.42 Å². The lowest BCUT2D eigenvalue weighted by atomic mass is 10.2. The first-order valence-corrected chi connectivity index (χ1v) is 10.3. The van der Waals surface area contributed by atoms with Gasteiger partial charge in [-0.1, -0.05) is 28.1 Å². The van der Waals surface area contributed by atoms with E-state index in [2.05, 4.69) is 21.2 Å². The minimum Gasteiger partial charge on any atom is -0.325 e. The molecule has 132 valence electrons. The van der Waals surface area contributed by atoms with Crippen molar-refractivity contribution in [3.63, 3.8) is 0 Å². The molecule has 1 fully saturated rings. The summed E-state index contributed by atoms with van der Waals surface area (Å²) in [5.41, 5.74) is 1.71. The summed E-state index contributed by atoms with van der Waals surface area (Å²) in [5, 5.41) is 2.83. The van der Waals surface area contributed by atoms with Crippen molar-refractivity contribution in [1.29, 1.82) is 0 Å². The van der Waals surface area contributed by atoms with Crippen molar-refractivity contribution in [2.75, 3.05) is 11.9 Å². The maximum absolute atomic E-state index is 12.9. The van der Waals surface area contributed by atoms with Crippen LogP contribution in [-0.2, 0) is 14.8 Å². The topological polar surface area (TPSA) is 66.5 Å². The maximum atomic E-state index is 12.9. The Hall–Kier alpha value is -1.70. The van der Waals surface area contributed by atoms with Crippen LogP contribution in [0.5, 0.6) is 0 Å². The summed E-state index contributed by atoms with van der Waals surface area (Å²) >= 11 is 3.30. The fraction of sp³-hybridized carbons (Fsp3) is 0.278. The highest BCUT2D eigenvalue weighted by molar-refractivity contribution is 9.10. The van der Waals surface area contributed by atoms with Crippen molar-refractivity contribution in [3.05, 3.63) is 58.6 Å². The summed E-state index contributed by atoms with van der Waals surface area (Å²) < 4.78 is 27.9. The molecule has 2 aromatic rings. The molecule has 1 atom stereocenters. The molecule has 2 aromatic carbocycles. The molecule has 3 rings (SSSR count). The van der Waals surface area contributed by atoms with Gasteiger partial charge in [-0.3, -0.25) is 4.79 Å². The van der Waals surface area contributed by atoms with E-state index in [1.165, 1.54) is 4.31 Å². The van der Waals surface area contributed by atoms with Gasteiger partial charge in [0.15, 0.2) is 0 Å². The second-order valence-electron chi connectivity index (χ2n) is 6.09. The first-order valence-electron chi connectivity index (χ1n) is 8.03. The highest BCUT2D eigenvalue weighted by Crippen LogP contribution is 2.27. The lowest BCUT2D eigenvalue weighted by Crippen LogP contribution is -2.43. The quantitative estimate of drug-likeness (QED) is 0.818. The zero-order valence-corrected chi connectivity index (χ0v) is 16.2. The second kappa shape index (κ2) is 7.27. The third kappa shape index (κ3) is 3.94. The average molecular weight is 423 g/mol. The number of carbonyl (C=O) groups excluding carboxylic acids is 1. The Labute approximate surface area is 156 Å². The van der Waals surface area contributed by atoms with Crippen LogP contribution in [0.2, 0.25) is 0 Å². The van der Waals surface area contributed by atoms with E-state index in [9.17, 15) is 13.2 Å². The van der Waals surface area contributed by atoms with Crippen LogP contribution in [-0.4, -0.2) is 31.2 Å². The fourth-order valence-corrected chi connectivity index (χ4v) is 4.90. The number of amides is 1. The molecule has 1 amide bonds. The Morgan fingerprint density at radius 1 is 1.20 bits per heavy atom. The average Bonchev–Trinajstić information content (AvgIpc) is 3.06. The highest BCUT2D eigenvalue weighted by Gasteiger charge is 2.39. The number of sulfonamides is 1. The van der Waals surface area contributed by atoms with E-state index in [-0.39, 0.29) is 10.8 Å². The van der Waals surface area contributed by atoms with Crippen LogP contribution in [0.15, 0.2) is 57.9 Å². The van der Waals surface area contributed by atoms with E-state index in [1.54, 1.807) is 30.3 Å². The molecule has 1 aliphatic rings. The van der Waals surface area contributed by atoms with Gasteiger partial charge >= 0.3 is 0 Å². The molecule has 25 heavy (non-hydrogen) atoms. The number of hydrogen-bond acceptors (Lipinski definition) is 3. The van der Waals surface area contributed by atoms with Crippen LogP contribution in [0.4, 0.5) is 5.69 Å². The minimum atomic E-state index is -3.70. The summed E-state index contributed by atoms with van der Waals surface area (Å²) in [5.74, 6) is -0.288. The molecule has 0 aromatic heterocycles. The van der Waals surface area contributed by atoms with Gasteiger partial charge < -0.3 is 5.32 Å². The predicted molar refractivity (Wildman–Crippen MR) is 101 cm³/mol. The van der Waals surface area contributed by atoms with Gasteiger partial charge in [-0.05, 0) is 61.7 Å². The number of hydrogen-bond donors (Lipinski definition) is 1. The minimum absolute atomic E-state index is 0.200. The van der Waals surface area contributed by atoms with Crippen molar-refractivity contribution < 1.29 is 13.2 Å². The number of carbonyl (C=O) groups is 1. The van der Waals surface area contributed by atoms with Gasteiger partial charge in [0.25, 0.3) is 0 Å². The van der Waals surface area contributed by atoms with E-state index in [0.717, 1.165) is 10.0 Å². The third-order valence-corrected chi connectivity index (χ3v) is 6.66. The Balaban J connectivity index is 1.82. The Kier molecular flexibility index (Phi) is 5.27. The molecule has 0 saturated carbocycles. The Bertz CT molecular complexity index is 881. The molecule has 1 heterocycles. The Morgan fingerprint density at radius 2 is 1.92 bits per heavy atom. The van der Waals surface area contributed by atoms with Crippen molar-refractivity contribution in [1.82, 2.24) is 4.31 Å². The summed E-state index contributed by atoms with van der Waals surface area (Å²) in [4.78, 5) is 12.8. The van der Waals surface area contributed by atoms with E-state index < -0.39 is 16.1 Å². The number of rotatable bonds is 4. The molecule has 1 N–H and O–H groups in total. The molecule has 1 unspecified atom stereocenters. The molecule has 0 bridgehead atoms. The number of halogens is 1. The summed E-state index contributed by atoms with van der Waals surface area (Å²) in [6.45, 7) is 2.29. The van der Waals surface area contributed by atoms with E-state index >= 15 is 0 Å². The molecular weight excluding hydrogens is 404 g/mol. The third-order valence-electron chi connectivity index (χ3n) is 4.21. The van der Waals surface area contributed by atoms with Crippen molar-refractivity contribution >= 4 is 37.5 Å². The molecule has 0 spiro atoms. The number of benzene rings is 2. The number of nitrogens with zero attached hydrogens (tertiary/aromatic N) is 1. The largest absolute Gasteiger partial charge is 0.325 e. The van der Waals surface area contributed by atoms with Gasteiger partial charge in [0.1, 0.15) is 6.04 Å². The molecular formula is C18H19BrN2O3S. The number of anilines is 1. The summed E-state index contributed by atoms with van der Waals surface area (Å²) in [6, 6.07) is 13.2. The zero-order valence-electron chi connectivity index (χ0n) is 13.8. The standard InChI is InChI=1S/C18H19BrN2O3S/c1-13-4-2-5-15(12-13)20-18(22)17-6-3-11-21(17)25(23,24)16-9-7-14(19)8-10-16/h2,4-5,7-10,12,17H,3,6,11H2,1H3,(H,20,22). The van der Waals surface area contributed by atoms with Crippen LogP contribution in [0, 0.1) is 6.92 Å². The van der Waals surface area contributed by atoms with Crippen molar-refractivity contribution in [2.45, 2.75) is 30.7 Å². The zero-order chi connectivity index (χ0) is 18.0. The fourth-order valence-electron chi connectivity index (χ4n) is 2.98. The van der Waals surface area contributed by atoms with Gasteiger partial charge in [-0.2, -0.15) is 4.31 Å². The van der Waals surface area contributed by atoms with E-state index in [4.69, 9.17) is 0 Å². The molecule has 0 aliphatic carbocycles. The molecule has 5 nitrogen and oxygen atoms in total. The van der Waals surface area contributed by atoms with Crippen LogP contribution in [0.3, 0.4) is 0 Å². The number of aryl methyl sites for hydroxylation is 1. The Morgan fingerprint density at radius 3 is 2.60 bits per heavy atom. The van der Waals surface area contributed by atoms with Crippen molar-refractivity contribution in [2.24, 2.45) is 0 Å². The van der Waals surface area contributed by atoms with Crippen LogP contribution < -0.4 is 5.32 Å². The van der Waals surface area contributed by atoms with Gasteiger partial charge in [0, 0.05) is 16.7 Å². The van der Waals surface area contributed by atoms with E-state index in [1.807, 2.05) is 25.1 Å². The van der Waals surface area contributed by atoms with E-state index in [0.29, 0.717) is 25.1 Å².